The number of hydrogen-bond acceptors (Lipinski definition) is 4. The summed E-state index contributed by atoms with van der Waals surface area (Å²) in [7, 11) is 0. The summed E-state index contributed by atoms with van der Waals surface area (Å²) in [4.78, 5) is 13.4. The van der Waals surface area contributed by atoms with Gasteiger partial charge in [0.15, 0.2) is 0 Å². The van der Waals surface area contributed by atoms with Crippen molar-refractivity contribution < 1.29 is 0 Å². The molecule has 0 atom stereocenters. The van der Waals surface area contributed by atoms with E-state index in [1.807, 2.05) is 78.9 Å². The second-order valence-corrected chi connectivity index (χ2v) is 6.33. The molecule has 7 heteroatoms. The van der Waals surface area contributed by atoms with Crippen molar-refractivity contribution in [3.63, 3.8) is 0 Å². The number of nitrogens with zero attached hydrogens (tertiary/aromatic N) is 3. The number of anilines is 2. The number of benzene rings is 3. The fourth-order valence-electron chi connectivity index (χ4n) is 3.27. The van der Waals surface area contributed by atoms with Gasteiger partial charge in [-0.15, -0.1) is 0 Å². The molecule has 3 N–H and O–H groups in total. The highest BCUT2D eigenvalue weighted by Gasteiger charge is 2.20. The quantitative estimate of drug-likeness (QED) is 0.449. The van der Waals surface area contributed by atoms with Gasteiger partial charge in [0.2, 0.25) is 0 Å². The lowest BCUT2D eigenvalue weighted by molar-refractivity contribution is 0.853. The van der Waals surface area contributed by atoms with Gasteiger partial charge in [-0.05, 0) is 30.3 Å². The van der Waals surface area contributed by atoms with E-state index in [9.17, 15) is 4.79 Å². The van der Waals surface area contributed by atoms with Crippen molar-refractivity contribution in [2.75, 3.05) is 5.32 Å². The highest BCUT2D eigenvalue weighted by molar-refractivity contribution is 5.95. The first-order valence-corrected chi connectivity index (χ1v) is 8.83. The van der Waals surface area contributed by atoms with Crippen LogP contribution in [0.2, 0.25) is 0 Å². The van der Waals surface area contributed by atoms with E-state index in [0.29, 0.717) is 28.0 Å². The van der Waals surface area contributed by atoms with Crippen molar-refractivity contribution in [1.29, 1.82) is 0 Å². The molecule has 5 rings (SSSR count). The first kappa shape index (κ1) is 16.1. The van der Waals surface area contributed by atoms with E-state index in [1.165, 1.54) is 4.68 Å². The molecule has 0 radical (unpaired) electrons. The normalized spacial score (nSPS) is 11.0. The Hall–Kier alpha value is -4.13. The van der Waals surface area contributed by atoms with Crippen LogP contribution in [0.15, 0.2) is 83.7 Å². The lowest BCUT2D eigenvalue weighted by Gasteiger charge is -2.07. The number of aromatic nitrogens is 5. The molecule has 28 heavy (non-hydrogen) atoms. The van der Waals surface area contributed by atoms with Gasteiger partial charge in [0, 0.05) is 11.3 Å². The zero-order valence-electron chi connectivity index (χ0n) is 14.8. The minimum atomic E-state index is -0.167. The maximum Gasteiger partial charge on any atom is 0.281 e. The molecule has 0 spiro atoms. The summed E-state index contributed by atoms with van der Waals surface area (Å²) < 4.78 is 1.53. The van der Waals surface area contributed by atoms with Crippen molar-refractivity contribution in [3.8, 4) is 16.8 Å². The predicted molar refractivity (Wildman–Crippen MR) is 109 cm³/mol. The minimum Gasteiger partial charge on any atom is -0.340 e. The Morgan fingerprint density at radius 3 is 2.36 bits per heavy atom. The molecule has 0 aliphatic rings. The SMILES string of the molecule is O=c1c(-c2cccc3n[nH]nc23)c(Nc2ccccc2)[nH]n1-c1ccccc1. The Labute approximate surface area is 159 Å². The third-order valence-electron chi connectivity index (χ3n) is 4.56. The number of H-pyrrole nitrogens is 2. The maximum absolute atomic E-state index is 13.4. The van der Waals surface area contributed by atoms with Gasteiger partial charge < -0.3 is 5.32 Å². The third kappa shape index (κ3) is 2.66. The van der Waals surface area contributed by atoms with Crippen molar-refractivity contribution in [1.82, 2.24) is 25.2 Å². The van der Waals surface area contributed by atoms with Crippen LogP contribution in [0.5, 0.6) is 0 Å². The van der Waals surface area contributed by atoms with E-state index in [2.05, 4.69) is 25.8 Å². The minimum absolute atomic E-state index is 0.167. The molecule has 2 heterocycles. The summed E-state index contributed by atoms with van der Waals surface area (Å²) in [5, 5.41) is 17.5. The van der Waals surface area contributed by atoms with Crippen molar-refractivity contribution in [3.05, 3.63) is 89.2 Å². The average Bonchev–Trinajstić information content (AvgIpc) is 3.34. The Kier molecular flexibility index (Phi) is 3.76. The summed E-state index contributed by atoms with van der Waals surface area (Å²) in [6.45, 7) is 0. The highest BCUT2D eigenvalue weighted by Crippen LogP contribution is 2.30. The number of nitrogens with one attached hydrogen (secondary N) is 3. The van der Waals surface area contributed by atoms with Gasteiger partial charge in [-0.25, -0.2) is 4.68 Å². The molecular weight excluding hydrogens is 352 g/mol. The van der Waals surface area contributed by atoms with Crippen LogP contribution >= 0.6 is 0 Å². The molecule has 3 aromatic carbocycles. The molecule has 0 saturated carbocycles. The van der Waals surface area contributed by atoms with Crippen molar-refractivity contribution >= 4 is 22.5 Å². The lowest BCUT2D eigenvalue weighted by Crippen LogP contribution is -2.15. The lowest BCUT2D eigenvalue weighted by atomic mass is 10.1. The Morgan fingerprint density at radius 1 is 0.821 bits per heavy atom. The van der Waals surface area contributed by atoms with Crippen LogP contribution in [0.25, 0.3) is 27.8 Å². The molecular formula is C21H16N6O. The van der Waals surface area contributed by atoms with Crippen molar-refractivity contribution in [2.45, 2.75) is 0 Å². The molecule has 5 aromatic rings. The number of rotatable bonds is 4. The maximum atomic E-state index is 13.4. The molecule has 0 bridgehead atoms. The van der Waals surface area contributed by atoms with Gasteiger partial charge in [-0.3, -0.25) is 9.89 Å². The van der Waals surface area contributed by atoms with Gasteiger partial charge in [0.05, 0.1) is 11.3 Å². The third-order valence-corrected chi connectivity index (χ3v) is 4.56. The number of hydrogen-bond donors (Lipinski definition) is 3. The largest absolute Gasteiger partial charge is 0.340 e. The van der Waals surface area contributed by atoms with Crippen LogP contribution in [0.1, 0.15) is 0 Å². The smallest absolute Gasteiger partial charge is 0.281 e. The molecule has 0 fully saturated rings. The molecule has 0 saturated heterocycles. The van der Waals surface area contributed by atoms with Crippen LogP contribution < -0.4 is 10.9 Å². The fourth-order valence-corrected chi connectivity index (χ4v) is 3.27. The van der Waals surface area contributed by atoms with Crippen LogP contribution in [0.4, 0.5) is 11.5 Å². The zero-order valence-corrected chi connectivity index (χ0v) is 14.8. The zero-order chi connectivity index (χ0) is 18.9. The fraction of sp³-hybridized carbons (Fsp3) is 0. The number of aromatic amines is 2. The van der Waals surface area contributed by atoms with Crippen LogP contribution in [0, 0.1) is 0 Å². The molecule has 0 unspecified atom stereocenters. The summed E-state index contributed by atoms with van der Waals surface area (Å²) in [6, 6.07) is 24.8. The second kappa shape index (κ2) is 6.55. The van der Waals surface area contributed by atoms with Gasteiger partial charge in [-0.2, -0.15) is 15.4 Å². The van der Waals surface area contributed by atoms with Crippen LogP contribution in [0.3, 0.4) is 0 Å². The molecule has 0 amide bonds. The van der Waals surface area contributed by atoms with E-state index < -0.39 is 0 Å². The summed E-state index contributed by atoms with van der Waals surface area (Å²) in [5.74, 6) is 0.593. The van der Waals surface area contributed by atoms with E-state index >= 15 is 0 Å². The Bertz CT molecular complexity index is 1300. The second-order valence-electron chi connectivity index (χ2n) is 6.33. The standard InChI is InChI=1S/C21H16N6O/c28-21-18(16-12-7-13-17-19(16)24-26-23-17)20(22-14-8-3-1-4-9-14)25-27(21)15-10-5-2-6-11-15/h1-13,22,25H,(H,23,24,26). The number of fused-ring (bicyclic) bond motifs is 1. The summed E-state index contributed by atoms with van der Waals surface area (Å²) in [6.07, 6.45) is 0. The topological polar surface area (TPSA) is 91.4 Å². The van der Waals surface area contributed by atoms with Crippen molar-refractivity contribution in [2.24, 2.45) is 0 Å². The predicted octanol–water partition coefficient (Wildman–Crippen LogP) is 3.85. The first-order valence-electron chi connectivity index (χ1n) is 8.83. The van der Waals surface area contributed by atoms with E-state index in [-0.39, 0.29) is 5.56 Å². The summed E-state index contributed by atoms with van der Waals surface area (Å²) >= 11 is 0. The van der Waals surface area contributed by atoms with E-state index in [0.717, 1.165) is 11.4 Å². The number of para-hydroxylation sites is 3. The first-order chi connectivity index (χ1) is 13.8. The van der Waals surface area contributed by atoms with Gasteiger partial charge in [0.1, 0.15) is 16.9 Å². The van der Waals surface area contributed by atoms with Gasteiger partial charge >= 0.3 is 0 Å². The van der Waals surface area contributed by atoms with E-state index in [4.69, 9.17) is 0 Å². The average molecular weight is 368 g/mol. The molecule has 136 valence electrons. The van der Waals surface area contributed by atoms with Crippen LogP contribution in [-0.2, 0) is 0 Å². The molecule has 0 aliphatic heterocycles. The molecule has 7 nitrogen and oxygen atoms in total. The van der Waals surface area contributed by atoms with E-state index in [1.54, 1.807) is 0 Å². The van der Waals surface area contributed by atoms with Crippen LogP contribution in [-0.4, -0.2) is 25.2 Å². The Morgan fingerprint density at radius 2 is 1.57 bits per heavy atom. The Balaban J connectivity index is 1.76. The van der Waals surface area contributed by atoms with Gasteiger partial charge in [0.25, 0.3) is 5.56 Å². The highest BCUT2D eigenvalue weighted by atomic mass is 16.1. The molecule has 0 aliphatic carbocycles. The summed E-state index contributed by atoms with van der Waals surface area (Å²) in [5.41, 5.74) is 4.03. The monoisotopic (exact) mass is 368 g/mol. The van der Waals surface area contributed by atoms with Gasteiger partial charge in [-0.1, -0.05) is 48.5 Å². The molecule has 2 aromatic heterocycles.